The van der Waals surface area contributed by atoms with Gasteiger partial charge < -0.3 is 14.0 Å². The molecule has 1 amide bonds. The van der Waals surface area contributed by atoms with Crippen molar-refractivity contribution in [3.05, 3.63) is 52.3 Å². The predicted molar refractivity (Wildman–Crippen MR) is 101 cm³/mol. The number of carbonyl (C=O) groups is 1. The predicted octanol–water partition coefficient (Wildman–Crippen LogP) is 3.87. The third-order valence-corrected chi connectivity index (χ3v) is 5.27. The molecule has 0 atom stereocenters. The molecule has 0 saturated carbocycles. The number of amides is 1. The molecule has 0 spiro atoms. The van der Waals surface area contributed by atoms with Gasteiger partial charge in [-0.3, -0.25) is 4.79 Å². The maximum atomic E-state index is 12.9. The minimum Gasteiger partial charge on any atom is -0.486 e. The number of hydrogen-bond donors (Lipinski definition) is 0. The summed E-state index contributed by atoms with van der Waals surface area (Å²) in [5, 5.41) is 0. The molecule has 3 aromatic rings. The van der Waals surface area contributed by atoms with Crippen molar-refractivity contribution in [3.63, 3.8) is 0 Å². The molecule has 1 aliphatic heterocycles. The standard InChI is InChI=1S/C20H13F3N2O3S/c1-2-6-25-14-10-15-16(28-8-7-27-15)11-17(14)29-19(25)24-18(26)12-4-3-5-13(9-12)20(21,22)23/h1,3-5,9-11H,6-8H2. The van der Waals surface area contributed by atoms with Crippen LogP contribution in [0.4, 0.5) is 13.2 Å². The molecule has 0 radical (unpaired) electrons. The number of nitrogens with zero attached hydrogens (tertiary/aromatic N) is 2. The zero-order chi connectivity index (χ0) is 20.6. The van der Waals surface area contributed by atoms with Gasteiger partial charge in [0.15, 0.2) is 16.3 Å². The molecule has 0 unspecified atom stereocenters. The van der Waals surface area contributed by atoms with Crippen LogP contribution < -0.4 is 14.3 Å². The van der Waals surface area contributed by atoms with Crippen LogP contribution in [0.1, 0.15) is 15.9 Å². The van der Waals surface area contributed by atoms with E-state index in [1.54, 1.807) is 16.7 Å². The number of hydrogen-bond acceptors (Lipinski definition) is 4. The maximum Gasteiger partial charge on any atom is 0.416 e. The van der Waals surface area contributed by atoms with Crippen LogP contribution in [0.25, 0.3) is 10.2 Å². The highest BCUT2D eigenvalue weighted by atomic mass is 32.1. The van der Waals surface area contributed by atoms with E-state index in [0.29, 0.717) is 30.2 Å². The van der Waals surface area contributed by atoms with Gasteiger partial charge in [0, 0.05) is 17.7 Å². The van der Waals surface area contributed by atoms with E-state index in [4.69, 9.17) is 15.9 Å². The highest BCUT2D eigenvalue weighted by Crippen LogP contribution is 2.35. The van der Waals surface area contributed by atoms with Crippen molar-refractivity contribution in [2.45, 2.75) is 12.7 Å². The van der Waals surface area contributed by atoms with Gasteiger partial charge in [-0.1, -0.05) is 23.3 Å². The number of terminal acetylenes is 1. The lowest BCUT2D eigenvalue weighted by atomic mass is 10.1. The van der Waals surface area contributed by atoms with Crippen molar-refractivity contribution in [3.8, 4) is 23.8 Å². The van der Waals surface area contributed by atoms with E-state index in [1.165, 1.54) is 23.5 Å². The Morgan fingerprint density at radius 1 is 1.21 bits per heavy atom. The lowest BCUT2D eigenvalue weighted by Gasteiger charge is -2.18. The van der Waals surface area contributed by atoms with Crippen molar-refractivity contribution < 1.29 is 27.4 Å². The normalized spacial score (nSPS) is 14.1. The Hall–Kier alpha value is -3.25. The number of fused-ring (bicyclic) bond motifs is 2. The number of halogens is 3. The zero-order valence-corrected chi connectivity index (χ0v) is 15.6. The van der Waals surface area contributed by atoms with Gasteiger partial charge >= 0.3 is 6.18 Å². The number of carbonyl (C=O) groups excluding carboxylic acids is 1. The Kier molecular flexibility index (Phi) is 4.80. The SMILES string of the molecule is C#CCn1c(=NC(=O)c2cccc(C(F)(F)F)c2)sc2cc3c(cc21)OCCO3. The van der Waals surface area contributed by atoms with Crippen molar-refractivity contribution in [1.82, 2.24) is 4.57 Å². The van der Waals surface area contributed by atoms with Crippen LogP contribution in [0.5, 0.6) is 11.5 Å². The van der Waals surface area contributed by atoms with Gasteiger partial charge in [-0.05, 0) is 18.2 Å². The average molecular weight is 418 g/mol. The molecular formula is C20H13F3N2O3S. The molecule has 1 aromatic heterocycles. The monoisotopic (exact) mass is 418 g/mol. The third kappa shape index (κ3) is 3.71. The molecule has 0 N–H and O–H groups in total. The summed E-state index contributed by atoms with van der Waals surface area (Å²) in [5.74, 6) is 2.85. The van der Waals surface area contributed by atoms with Gasteiger partial charge in [0.25, 0.3) is 5.91 Å². The quantitative estimate of drug-likeness (QED) is 0.594. The first-order valence-electron chi connectivity index (χ1n) is 8.49. The summed E-state index contributed by atoms with van der Waals surface area (Å²) in [4.78, 5) is 16.9. The molecule has 5 nitrogen and oxygen atoms in total. The lowest BCUT2D eigenvalue weighted by Crippen LogP contribution is -2.17. The lowest BCUT2D eigenvalue weighted by molar-refractivity contribution is -0.137. The highest BCUT2D eigenvalue weighted by molar-refractivity contribution is 7.16. The van der Waals surface area contributed by atoms with Crippen LogP contribution in [0.15, 0.2) is 41.4 Å². The molecule has 4 rings (SSSR count). The van der Waals surface area contributed by atoms with Crippen LogP contribution in [0, 0.1) is 12.3 Å². The highest BCUT2D eigenvalue weighted by Gasteiger charge is 2.30. The number of alkyl halides is 3. The van der Waals surface area contributed by atoms with E-state index in [1.807, 2.05) is 0 Å². The fourth-order valence-electron chi connectivity index (χ4n) is 2.92. The van der Waals surface area contributed by atoms with Crippen molar-refractivity contribution in [2.24, 2.45) is 4.99 Å². The van der Waals surface area contributed by atoms with E-state index in [9.17, 15) is 18.0 Å². The largest absolute Gasteiger partial charge is 0.486 e. The van der Waals surface area contributed by atoms with Gasteiger partial charge in [-0.2, -0.15) is 18.2 Å². The zero-order valence-electron chi connectivity index (χ0n) is 14.8. The van der Waals surface area contributed by atoms with Crippen molar-refractivity contribution in [2.75, 3.05) is 13.2 Å². The Morgan fingerprint density at radius 3 is 2.62 bits per heavy atom. The van der Waals surface area contributed by atoms with Crippen LogP contribution in [0.2, 0.25) is 0 Å². The Labute approximate surface area is 167 Å². The summed E-state index contributed by atoms with van der Waals surface area (Å²) >= 11 is 1.19. The van der Waals surface area contributed by atoms with E-state index in [2.05, 4.69) is 10.9 Å². The topological polar surface area (TPSA) is 52.8 Å². The molecule has 2 aromatic carbocycles. The second-order valence-electron chi connectivity index (χ2n) is 6.13. The van der Waals surface area contributed by atoms with Gasteiger partial charge in [0.1, 0.15) is 13.2 Å². The van der Waals surface area contributed by atoms with Gasteiger partial charge in [0.05, 0.1) is 22.3 Å². The van der Waals surface area contributed by atoms with E-state index in [0.717, 1.165) is 16.8 Å². The number of ether oxygens (including phenoxy) is 2. The molecule has 9 heteroatoms. The van der Waals surface area contributed by atoms with E-state index in [-0.39, 0.29) is 16.9 Å². The molecular weight excluding hydrogens is 405 g/mol. The average Bonchev–Trinajstić information content (AvgIpc) is 3.02. The molecule has 29 heavy (non-hydrogen) atoms. The van der Waals surface area contributed by atoms with Crippen molar-refractivity contribution >= 4 is 27.5 Å². The van der Waals surface area contributed by atoms with Gasteiger partial charge in [0.2, 0.25) is 0 Å². The fraction of sp³-hybridized carbons (Fsp3) is 0.200. The van der Waals surface area contributed by atoms with Gasteiger partial charge in [-0.15, -0.1) is 6.42 Å². The molecule has 2 heterocycles. The number of thiazole rings is 1. The number of aromatic nitrogens is 1. The number of rotatable bonds is 2. The first-order chi connectivity index (χ1) is 13.9. The Balaban J connectivity index is 1.82. The second-order valence-corrected chi connectivity index (χ2v) is 7.14. The Morgan fingerprint density at radius 2 is 1.93 bits per heavy atom. The van der Waals surface area contributed by atoms with Crippen LogP contribution in [0.3, 0.4) is 0 Å². The van der Waals surface area contributed by atoms with Crippen LogP contribution in [-0.2, 0) is 12.7 Å². The first kappa shape index (κ1) is 19.1. The second kappa shape index (κ2) is 7.29. The summed E-state index contributed by atoms with van der Waals surface area (Å²) in [6, 6.07) is 7.68. The van der Waals surface area contributed by atoms with Crippen LogP contribution >= 0.6 is 11.3 Å². The van der Waals surface area contributed by atoms with E-state index >= 15 is 0 Å². The Bertz CT molecular complexity index is 1220. The van der Waals surface area contributed by atoms with Gasteiger partial charge in [-0.25, -0.2) is 0 Å². The third-order valence-electron chi connectivity index (χ3n) is 4.23. The summed E-state index contributed by atoms with van der Waals surface area (Å²) in [6.07, 6.45) is 0.908. The van der Waals surface area contributed by atoms with Crippen LogP contribution in [-0.4, -0.2) is 23.7 Å². The molecule has 1 aliphatic rings. The summed E-state index contributed by atoms with van der Waals surface area (Å²) in [7, 11) is 0. The maximum absolute atomic E-state index is 12.9. The summed E-state index contributed by atoms with van der Waals surface area (Å²) in [6.45, 7) is 0.983. The summed E-state index contributed by atoms with van der Waals surface area (Å²) in [5.41, 5.74) is -0.364. The van der Waals surface area contributed by atoms with E-state index < -0.39 is 17.6 Å². The van der Waals surface area contributed by atoms with Crippen molar-refractivity contribution in [1.29, 1.82) is 0 Å². The molecule has 148 valence electrons. The first-order valence-corrected chi connectivity index (χ1v) is 9.31. The molecule has 0 bridgehead atoms. The minimum atomic E-state index is -4.55. The molecule has 0 aliphatic carbocycles. The minimum absolute atomic E-state index is 0.133. The smallest absolute Gasteiger partial charge is 0.416 e. The molecule has 0 saturated heterocycles. The number of benzene rings is 2. The fourth-order valence-corrected chi connectivity index (χ4v) is 3.95. The molecule has 0 fully saturated rings. The summed E-state index contributed by atoms with van der Waals surface area (Å²) < 4.78 is 52.3.